The quantitative estimate of drug-likeness (QED) is 0.148. The van der Waals surface area contributed by atoms with Gasteiger partial charge in [0.05, 0.1) is 17.3 Å². The second-order valence-electron chi connectivity index (χ2n) is 14.0. The average molecular weight is 963 g/mol. The molecule has 11 rings (SSSR count). The van der Waals surface area contributed by atoms with E-state index in [9.17, 15) is 0 Å². The SMILES string of the molecule is [Ir].[c-]1ccc2c(oc3c(-c4nc(-c5ccccc5)nc(-c5ccccc5)n4)cccc32)c1-c1ccccn1.[c-]1ccccc1-n1cc(-c2ccc(-c3ccccc3)cc2)cn1. The van der Waals surface area contributed by atoms with Gasteiger partial charge in [-0.05, 0) is 40.2 Å². The fraction of sp³-hybridized carbons (Fsp3) is 0. The van der Waals surface area contributed by atoms with Crippen LogP contribution in [0.3, 0.4) is 0 Å². The molecule has 0 aliphatic heterocycles. The zero-order chi connectivity index (χ0) is 40.1. The third kappa shape index (κ3) is 8.19. The van der Waals surface area contributed by atoms with Crippen molar-refractivity contribution in [3.63, 3.8) is 0 Å². The molecule has 0 atom stereocenters. The number of fused-ring (bicyclic) bond motifs is 3. The first-order valence-corrected chi connectivity index (χ1v) is 19.6. The van der Waals surface area contributed by atoms with Crippen LogP contribution in [0.1, 0.15) is 0 Å². The predicted octanol–water partition coefficient (Wildman–Crippen LogP) is 12.6. The van der Waals surface area contributed by atoms with E-state index in [1.165, 1.54) is 11.1 Å². The molecule has 0 aliphatic rings. The van der Waals surface area contributed by atoms with Crippen molar-refractivity contribution in [3.8, 4) is 73.4 Å². The van der Waals surface area contributed by atoms with E-state index < -0.39 is 0 Å². The number of hydrogen-bond acceptors (Lipinski definition) is 6. The van der Waals surface area contributed by atoms with Gasteiger partial charge in [0.2, 0.25) is 0 Å². The number of furan rings is 1. The predicted molar refractivity (Wildman–Crippen MR) is 239 cm³/mol. The van der Waals surface area contributed by atoms with Crippen molar-refractivity contribution in [2.45, 2.75) is 0 Å². The third-order valence-electron chi connectivity index (χ3n) is 10.2. The van der Waals surface area contributed by atoms with Crippen LogP contribution in [0.4, 0.5) is 0 Å². The molecule has 4 aromatic heterocycles. The Hall–Kier alpha value is -7.64. The Bertz CT molecular complexity index is 3120. The minimum absolute atomic E-state index is 0. The molecule has 8 heteroatoms. The molecule has 0 amide bonds. The first kappa shape index (κ1) is 38.9. The minimum atomic E-state index is 0. The average Bonchev–Trinajstić information content (AvgIpc) is 3.99. The van der Waals surface area contributed by atoms with Crippen LogP contribution in [0, 0.1) is 12.1 Å². The fourth-order valence-corrected chi connectivity index (χ4v) is 7.19. The fourth-order valence-electron chi connectivity index (χ4n) is 7.19. The minimum Gasteiger partial charge on any atom is -0.500 e. The maximum atomic E-state index is 6.54. The van der Waals surface area contributed by atoms with E-state index in [0.717, 1.165) is 66.7 Å². The number of rotatable bonds is 7. The van der Waals surface area contributed by atoms with Crippen LogP contribution in [0.5, 0.6) is 0 Å². The zero-order valence-electron chi connectivity index (χ0n) is 32.6. The van der Waals surface area contributed by atoms with Gasteiger partial charge in [-0.1, -0.05) is 150 Å². The largest absolute Gasteiger partial charge is 0.500 e. The molecule has 61 heavy (non-hydrogen) atoms. The topological polar surface area (TPSA) is 82.5 Å². The number of pyridine rings is 1. The second kappa shape index (κ2) is 17.7. The van der Waals surface area contributed by atoms with E-state index in [-0.39, 0.29) is 20.1 Å². The number of hydrogen-bond donors (Lipinski definition) is 0. The number of nitrogens with zero attached hydrogens (tertiary/aromatic N) is 6. The summed E-state index contributed by atoms with van der Waals surface area (Å²) in [5.74, 6) is 1.78. The Balaban J connectivity index is 0.000000171. The van der Waals surface area contributed by atoms with Crippen LogP contribution >= 0.6 is 0 Å². The van der Waals surface area contributed by atoms with E-state index in [1.807, 2.05) is 151 Å². The summed E-state index contributed by atoms with van der Waals surface area (Å²) < 4.78 is 8.39. The molecule has 7 nitrogen and oxygen atoms in total. The summed E-state index contributed by atoms with van der Waals surface area (Å²) in [6.07, 6.45) is 5.69. The summed E-state index contributed by atoms with van der Waals surface area (Å²) in [5, 5.41) is 6.41. The van der Waals surface area contributed by atoms with E-state index in [2.05, 4.69) is 76.8 Å². The first-order chi connectivity index (χ1) is 29.7. The van der Waals surface area contributed by atoms with Crippen molar-refractivity contribution in [2.24, 2.45) is 0 Å². The Morgan fingerprint density at radius 3 is 1.67 bits per heavy atom. The molecule has 293 valence electrons. The molecule has 0 spiro atoms. The van der Waals surface area contributed by atoms with Gasteiger partial charge in [0.25, 0.3) is 0 Å². The van der Waals surface area contributed by atoms with Crippen molar-refractivity contribution in [2.75, 3.05) is 0 Å². The van der Waals surface area contributed by atoms with Crippen molar-refractivity contribution in [1.29, 1.82) is 0 Å². The van der Waals surface area contributed by atoms with Gasteiger partial charge in [0.1, 0.15) is 5.58 Å². The Kier molecular flexibility index (Phi) is 11.3. The van der Waals surface area contributed by atoms with Gasteiger partial charge < -0.3 is 9.40 Å². The van der Waals surface area contributed by atoms with Crippen LogP contribution < -0.4 is 0 Å². The summed E-state index contributed by atoms with van der Waals surface area (Å²) in [5.41, 5.74) is 11.4. The maximum Gasteiger partial charge on any atom is 0.167 e. The molecule has 0 bridgehead atoms. The molecule has 0 unspecified atom stereocenters. The van der Waals surface area contributed by atoms with Crippen LogP contribution in [0.25, 0.3) is 95.3 Å². The molecule has 0 aliphatic carbocycles. The van der Waals surface area contributed by atoms with Gasteiger partial charge >= 0.3 is 0 Å². The van der Waals surface area contributed by atoms with Gasteiger partial charge in [-0.3, -0.25) is 4.68 Å². The summed E-state index contributed by atoms with van der Waals surface area (Å²) in [4.78, 5) is 19.1. The van der Waals surface area contributed by atoms with Crippen LogP contribution in [0.15, 0.2) is 211 Å². The van der Waals surface area contributed by atoms with Crippen molar-refractivity contribution < 1.29 is 24.5 Å². The van der Waals surface area contributed by atoms with Gasteiger partial charge in [-0.25, -0.2) is 15.0 Å². The molecule has 0 N–H and O–H groups in total. The third-order valence-corrected chi connectivity index (χ3v) is 10.2. The first-order valence-electron chi connectivity index (χ1n) is 19.6. The molecule has 0 saturated carbocycles. The summed E-state index contributed by atoms with van der Waals surface area (Å²) >= 11 is 0. The smallest absolute Gasteiger partial charge is 0.167 e. The number of benzene rings is 7. The van der Waals surface area contributed by atoms with Gasteiger partial charge in [0, 0.05) is 54.6 Å². The standard InChI is InChI=1S/C32H19N4O.C21H15N2.Ir/c1-3-11-21(12-4-1)30-34-31(22-13-5-2-6-14-22)36-32(35-30)26-18-10-16-24-23-15-9-17-25(28(23)37-29(24)26)27-19-7-8-20-33-27;1-3-7-17(8-4-1)18-11-13-19(14-12-18)20-15-22-23(16-20)21-9-5-2-6-10-21;/h1-16,18-20H;1-9,11-16H;/q2*-1;. The monoisotopic (exact) mass is 963 g/mol. The molecule has 4 heterocycles. The molecular weight excluding hydrogens is 929 g/mol. The molecule has 0 fully saturated rings. The van der Waals surface area contributed by atoms with Crippen LogP contribution in [0.2, 0.25) is 0 Å². The van der Waals surface area contributed by atoms with E-state index >= 15 is 0 Å². The van der Waals surface area contributed by atoms with Gasteiger partial charge in [-0.2, -0.15) is 29.4 Å². The van der Waals surface area contributed by atoms with Gasteiger partial charge in [0.15, 0.2) is 17.5 Å². The van der Waals surface area contributed by atoms with Crippen LogP contribution in [-0.2, 0) is 20.1 Å². The Labute approximate surface area is 366 Å². The van der Waals surface area contributed by atoms with E-state index in [1.54, 1.807) is 6.20 Å². The van der Waals surface area contributed by atoms with Crippen LogP contribution in [-0.4, -0.2) is 29.7 Å². The van der Waals surface area contributed by atoms with E-state index in [4.69, 9.17) is 19.4 Å². The summed E-state index contributed by atoms with van der Waals surface area (Å²) in [6.45, 7) is 0. The zero-order valence-corrected chi connectivity index (χ0v) is 34.9. The Morgan fingerprint density at radius 2 is 1.03 bits per heavy atom. The van der Waals surface area contributed by atoms with Gasteiger partial charge in [-0.15, -0.1) is 24.3 Å². The van der Waals surface area contributed by atoms with Crippen molar-refractivity contribution in [3.05, 3.63) is 219 Å². The Morgan fingerprint density at radius 1 is 0.443 bits per heavy atom. The molecule has 1 radical (unpaired) electrons. The molecule has 7 aromatic carbocycles. The van der Waals surface area contributed by atoms with E-state index in [0.29, 0.717) is 17.5 Å². The second-order valence-corrected chi connectivity index (χ2v) is 14.0. The van der Waals surface area contributed by atoms with Crippen molar-refractivity contribution >= 4 is 21.9 Å². The molecule has 11 aromatic rings. The normalized spacial score (nSPS) is 10.8. The molecule has 0 saturated heterocycles. The number of aromatic nitrogens is 6. The number of para-hydroxylation sites is 2. The maximum absolute atomic E-state index is 6.54. The summed E-state index contributed by atoms with van der Waals surface area (Å²) in [6, 6.07) is 69.0. The van der Waals surface area contributed by atoms with Crippen molar-refractivity contribution in [1.82, 2.24) is 29.7 Å². The summed E-state index contributed by atoms with van der Waals surface area (Å²) in [7, 11) is 0. The molecular formula is C53H34IrN6O-2.